The number of hydrogen-bond donors (Lipinski definition) is 3. The number of carbonyl (C=O) groups excluding carboxylic acids is 1. The van der Waals surface area contributed by atoms with Crippen molar-refractivity contribution in [3.05, 3.63) is 29.8 Å². The Hall–Kier alpha value is -2.04. The standard InChI is InChI=1S/C10H12N2O3/c1-7-4-2-3-5-8(7)12-10(15)11-6-9(13)14/h2-5H,6H2,1H3,(H,13,14)(H2,11,12,15). The quantitative estimate of drug-likeness (QED) is 0.698. The van der Waals surface area contributed by atoms with Gasteiger partial charge in [0.15, 0.2) is 0 Å². The molecular formula is C10H12N2O3. The third kappa shape index (κ3) is 3.68. The highest BCUT2D eigenvalue weighted by Crippen LogP contribution is 2.12. The summed E-state index contributed by atoms with van der Waals surface area (Å²) in [6.07, 6.45) is 0. The maximum Gasteiger partial charge on any atom is 0.323 e. The molecule has 0 saturated heterocycles. The highest BCUT2D eigenvalue weighted by atomic mass is 16.4. The first-order valence-electron chi connectivity index (χ1n) is 4.42. The smallest absolute Gasteiger partial charge is 0.323 e. The topological polar surface area (TPSA) is 78.4 Å². The maximum absolute atomic E-state index is 11.2. The Balaban J connectivity index is 2.52. The summed E-state index contributed by atoms with van der Waals surface area (Å²) in [7, 11) is 0. The van der Waals surface area contributed by atoms with Gasteiger partial charge < -0.3 is 15.7 Å². The molecule has 0 bridgehead atoms. The summed E-state index contributed by atoms with van der Waals surface area (Å²) in [5, 5.41) is 13.1. The van der Waals surface area contributed by atoms with Crippen LogP contribution in [0.25, 0.3) is 0 Å². The SMILES string of the molecule is Cc1ccccc1NC(=O)NCC(=O)O. The second kappa shape index (κ2) is 4.99. The predicted molar refractivity (Wildman–Crippen MR) is 55.8 cm³/mol. The molecule has 0 aliphatic carbocycles. The Morgan fingerprint density at radius 3 is 2.60 bits per heavy atom. The molecule has 1 rings (SSSR count). The van der Waals surface area contributed by atoms with Crippen LogP contribution in [-0.2, 0) is 4.79 Å². The van der Waals surface area contributed by atoms with E-state index in [0.717, 1.165) is 5.56 Å². The molecule has 0 radical (unpaired) electrons. The van der Waals surface area contributed by atoms with Crippen molar-refractivity contribution in [1.82, 2.24) is 5.32 Å². The number of carboxylic acid groups (broad SMARTS) is 1. The Morgan fingerprint density at radius 2 is 2.00 bits per heavy atom. The number of urea groups is 1. The molecule has 0 aromatic heterocycles. The van der Waals surface area contributed by atoms with E-state index in [-0.39, 0.29) is 0 Å². The second-order valence-corrected chi connectivity index (χ2v) is 3.02. The number of benzene rings is 1. The lowest BCUT2D eigenvalue weighted by Gasteiger charge is -2.07. The van der Waals surface area contributed by atoms with Gasteiger partial charge in [-0.1, -0.05) is 18.2 Å². The fourth-order valence-corrected chi connectivity index (χ4v) is 1.04. The van der Waals surface area contributed by atoms with Crippen molar-refractivity contribution in [2.45, 2.75) is 6.92 Å². The van der Waals surface area contributed by atoms with E-state index in [1.807, 2.05) is 19.1 Å². The lowest BCUT2D eigenvalue weighted by molar-refractivity contribution is -0.135. The number of aliphatic carboxylic acids is 1. The largest absolute Gasteiger partial charge is 0.480 e. The van der Waals surface area contributed by atoms with Gasteiger partial charge in [-0.05, 0) is 18.6 Å². The number of anilines is 1. The summed E-state index contributed by atoms with van der Waals surface area (Å²) >= 11 is 0. The Morgan fingerprint density at radius 1 is 1.33 bits per heavy atom. The third-order valence-electron chi connectivity index (χ3n) is 1.79. The van der Waals surface area contributed by atoms with Gasteiger partial charge in [0.1, 0.15) is 6.54 Å². The zero-order valence-corrected chi connectivity index (χ0v) is 8.28. The third-order valence-corrected chi connectivity index (χ3v) is 1.79. The van der Waals surface area contributed by atoms with Gasteiger partial charge in [-0.25, -0.2) is 4.79 Å². The van der Waals surface area contributed by atoms with Crippen molar-refractivity contribution in [2.24, 2.45) is 0 Å². The molecule has 0 saturated carbocycles. The average molecular weight is 208 g/mol. The highest BCUT2D eigenvalue weighted by Gasteiger charge is 2.04. The molecule has 0 unspecified atom stereocenters. The normalized spacial score (nSPS) is 9.40. The number of hydrogen-bond acceptors (Lipinski definition) is 2. The van der Waals surface area contributed by atoms with E-state index in [0.29, 0.717) is 5.69 Å². The molecule has 5 heteroatoms. The van der Waals surface area contributed by atoms with Gasteiger partial charge in [0, 0.05) is 5.69 Å². The molecule has 1 aromatic rings. The zero-order valence-electron chi connectivity index (χ0n) is 8.28. The Labute approximate surface area is 87.1 Å². The van der Waals surface area contributed by atoms with Crippen LogP contribution in [0.2, 0.25) is 0 Å². The van der Waals surface area contributed by atoms with Crippen molar-refractivity contribution >= 4 is 17.7 Å². The van der Waals surface area contributed by atoms with E-state index in [9.17, 15) is 9.59 Å². The second-order valence-electron chi connectivity index (χ2n) is 3.02. The number of carbonyl (C=O) groups is 2. The molecule has 80 valence electrons. The zero-order chi connectivity index (χ0) is 11.3. The summed E-state index contributed by atoms with van der Waals surface area (Å²) in [4.78, 5) is 21.4. The molecule has 0 heterocycles. The summed E-state index contributed by atoms with van der Waals surface area (Å²) in [5.41, 5.74) is 1.59. The van der Waals surface area contributed by atoms with E-state index in [2.05, 4.69) is 10.6 Å². The van der Waals surface area contributed by atoms with Crippen LogP contribution in [0.4, 0.5) is 10.5 Å². The van der Waals surface area contributed by atoms with E-state index in [4.69, 9.17) is 5.11 Å². The molecule has 0 aliphatic heterocycles. The molecule has 0 aliphatic rings. The van der Waals surface area contributed by atoms with Gasteiger partial charge >= 0.3 is 12.0 Å². The van der Waals surface area contributed by atoms with Crippen LogP contribution in [0.5, 0.6) is 0 Å². The van der Waals surface area contributed by atoms with E-state index in [1.54, 1.807) is 12.1 Å². The van der Waals surface area contributed by atoms with Crippen LogP contribution >= 0.6 is 0 Å². The van der Waals surface area contributed by atoms with Crippen LogP contribution in [0.1, 0.15) is 5.56 Å². The van der Waals surface area contributed by atoms with Gasteiger partial charge in [-0.2, -0.15) is 0 Å². The molecule has 3 N–H and O–H groups in total. The van der Waals surface area contributed by atoms with E-state index >= 15 is 0 Å². The van der Waals surface area contributed by atoms with Crippen molar-refractivity contribution in [3.8, 4) is 0 Å². The van der Waals surface area contributed by atoms with Crippen molar-refractivity contribution in [3.63, 3.8) is 0 Å². The number of para-hydroxylation sites is 1. The summed E-state index contributed by atoms with van der Waals surface area (Å²) in [6.45, 7) is 1.46. The monoisotopic (exact) mass is 208 g/mol. The molecule has 0 atom stereocenters. The first kappa shape index (κ1) is 11.0. The number of rotatable bonds is 3. The lowest BCUT2D eigenvalue weighted by atomic mass is 10.2. The molecular weight excluding hydrogens is 196 g/mol. The maximum atomic E-state index is 11.2. The van der Waals surface area contributed by atoms with Gasteiger partial charge in [0.2, 0.25) is 0 Å². The van der Waals surface area contributed by atoms with Crippen molar-refractivity contribution in [2.75, 3.05) is 11.9 Å². The van der Waals surface area contributed by atoms with Crippen LogP contribution in [0.3, 0.4) is 0 Å². The van der Waals surface area contributed by atoms with Gasteiger partial charge in [0.05, 0.1) is 0 Å². The minimum Gasteiger partial charge on any atom is -0.480 e. The van der Waals surface area contributed by atoms with E-state index in [1.165, 1.54) is 0 Å². The minimum atomic E-state index is -1.07. The van der Waals surface area contributed by atoms with Crippen LogP contribution in [0, 0.1) is 6.92 Å². The summed E-state index contributed by atoms with van der Waals surface area (Å²) in [6, 6.07) is 6.73. The highest BCUT2D eigenvalue weighted by molar-refractivity contribution is 5.91. The first-order valence-corrected chi connectivity index (χ1v) is 4.42. The number of aryl methyl sites for hydroxylation is 1. The molecule has 0 fully saturated rings. The van der Waals surface area contributed by atoms with Crippen LogP contribution < -0.4 is 10.6 Å². The number of amides is 2. The molecule has 15 heavy (non-hydrogen) atoms. The summed E-state index contributed by atoms with van der Waals surface area (Å²) in [5.74, 6) is -1.07. The molecule has 0 spiro atoms. The molecule has 5 nitrogen and oxygen atoms in total. The predicted octanol–water partition coefficient (Wildman–Crippen LogP) is 1.20. The first-order chi connectivity index (χ1) is 7.09. The van der Waals surface area contributed by atoms with Crippen LogP contribution in [0.15, 0.2) is 24.3 Å². The average Bonchev–Trinajstić information content (AvgIpc) is 2.18. The minimum absolute atomic E-state index is 0.391. The Bertz CT molecular complexity index is 377. The van der Waals surface area contributed by atoms with Crippen molar-refractivity contribution < 1.29 is 14.7 Å². The molecule has 2 amide bonds. The van der Waals surface area contributed by atoms with E-state index < -0.39 is 18.5 Å². The Kier molecular flexibility index (Phi) is 3.68. The lowest BCUT2D eigenvalue weighted by Crippen LogP contribution is -2.33. The van der Waals surface area contributed by atoms with Gasteiger partial charge in [-0.15, -0.1) is 0 Å². The number of carboxylic acids is 1. The fraction of sp³-hybridized carbons (Fsp3) is 0.200. The fourth-order valence-electron chi connectivity index (χ4n) is 1.04. The van der Waals surface area contributed by atoms with Crippen molar-refractivity contribution in [1.29, 1.82) is 0 Å². The number of nitrogens with one attached hydrogen (secondary N) is 2. The molecule has 1 aromatic carbocycles. The summed E-state index contributed by atoms with van der Waals surface area (Å²) < 4.78 is 0. The van der Waals surface area contributed by atoms with Gasteiger partial charge in [0.25, 0.3) is 0 Å². The van der Waals surface area contributed by atoms with Gasteiger partial charge in [-0.3, -0.25) is 4.79 Å². The van der Waals surface area contributed by atoms with Crippen LogP contribution in [-0.4, -0.2) is 23.7 Å².